The van der Waals surface area contributed by atoms with Crippen LogP contribution in [0, 0.1) is 0 Å². The minimum atomic E-state index is -0.186. The van der Waals surface area contributed by atoms with Crippen LogP contribution >= 0.6 is 0 Å². The molecule has 0 aliphatic rings. The number of likely N-dealkylation sites (N-methyl/N-ethyl adjacent to an activating group) is 1. The molecule has 0 fully saturated rings. The van der Waals surface area contributed by atoms with E-state index in [0.29, 0.717) is 0 Å². The molecule has 4 N–H and O–H groups in total. The summed E-state index contributed by atoms with van der Waals surface area (Å²) in [4.78, 5) is 0. The number of aliphatic hydroxyl groups excluding tert-OH is 1. The fourth-order valence-corrected chi connectivity index (χ4v) is 1.95. The molecule has 0 saturated carbocycles. The summed E-state index contributed by atoms with van der Waals surface area (Å²) in [6.07, 6.45) is 0. The Labute approximate surface area is 91.3 Å². The number of aliphatic hydroxyl groups is 1. The second-order valence-corrected chi connectivity index (χ2v) is 4.33. The lowest BCUT2D eigenvalue weighted by atomic mass is 9.77. The van der Waals surface area contributed by atoms with Crippen molar-refractivity contribution in [3.05, 3.63) is 29.8 Å². The van der Waals surface area contributed by atoms with Crippen molar-refractivity contribution in [3.8, 4) is 0 Å². The van der Waals surface area contributed by atoms with E-state index >= 15 is 0 Å². The summed E-state index contributed by atoms with van der Waals surface area (Å²) in [6, 6.07) is 7.79. The van der Waals surface area contributed by atoms with Crippen molar-refractivity contribution >= 4 is 5.69 Å². The van der Waals surface area contributed by atoms with Crippen LogP contribution in [0.5, 0.6) is 0 Å². The number of nitrogens with one attached hydrogen (secondary N) is 1. The first-order chi connectivity index (χ1) is 7.04. The third-order valence-electron chi connectivity index (χ3n) is 3.06. The van der Waals surface area contributed by atoms with E-state index in [4.69, 9.17) is 5.73 Å². The van der Waals surface area contributed by atoms with Crippen LogP contribution in [0.2, 0.25) is 0 Å². The standard InChI is InChI=1S/C12H20N2O/c1-12(2,11(8-15)14-3)9-6-4-5-7-10(9)13/h4-7,11,14-15H,8,13H2,1-3H3. The summed E-state index contributed by atoms with van der Waals surface area (Å²) in [6.45, 7) is 4.25. The van der Waals surface area contributed by atoms with Crippen molar-refractivity contribution in [3.63, 3.8) is 0 Å². The van der Waals surface area contributed by atoms with E-state index in [1.54, 1.807) is 0 Å². The minimum Gasteiger partial charge on any atom is -0.398 e. The third-order valence-corrected chi connectivity index (χ3v) is 3.06. The molecule has 0 aliphatic carbocycles. The van der Waals surface area contributed by atoms with Crippen LogP contribution in [0.3, 0.4) is 0 Å². The van der Waals surface area contributed by atoms with Gasteiger partial charge in [-0.3, -0.25) is 0 Å². The van der Waals surface area contributed by atoms with Crippen molar-refractivity contribution in [1.82, 2.24) is 5.32 Å². The predicted molar refractivity (Wildman–Crippen MR) is 63.8 cm³/mol. The number of para-hydroxylation sites is 1. The first-order valence-corrected chi connectivity index (χ1v) is 5.17. The van der Waals surface area contributed by atoms with Gasteiger partial charge in [-0.25, -0.2) is 0 Å². The van der Waals surface area contributed by atoms with Crippen molar-refractivity contribution in [2.24, 2.45) is 0 Å². The summed E-state index contributed by atoms with van der Waals surface area (Å²) in [5.41, 5.74) is 7.60. The van der Waals surface area contributed by atoms with Gasteiger partial charge >= 0.3 is 0 Å². The minimum absolute atomic E-state index is 0.00204. The molecule has 1 rings (SSSR count). The number of hydrogen-bond acceptors (Lipinski definition) is 3. The average molecular weight is 208 g/mol. The van der Waals surface area contributed by atoms with Crippen molar-refractivity contribution in [1.29, 1.82) is 0 Å². The predicted octanol–water partition coefficient (Wildman–Crippen LogP) is 1.13. The first-order valence-electron chi connectivity index (χ1n) is 5.17. The first kappa shape index (κ1) is 12.0. The summed E-state index contributed by atoms with van der Waals surface area (Å²) in [7, 11) is 1.85. The summed E-state index contributed by atoms with van der Waals surface area (Å²) < 4.78 is 0. The van der Waals surface area contributed by atoms with E-state index in [-0.39, 0.29) is 18.1 Å². The van der Waals surface area contributed by atoms with E-state index < -0.39 is 0 Å². The lowest BCUT2D eigenvalue weighted by Gasteiger charge is -2.34. The van der Waals surface area contributed by atoms with E-state index in [2.05, 4.69) is 19.2 Å². The highest BCUT2D eigenvalue weighted by Gasteiger charge is 2.31. The normalized spacial score (nSPS) is 13.9. The zero-order valence-corrected chi connectivity index (χ0v) is 9.62. The molecule has 0 spiro atoms. The second-order valence-electron chi connectivity index (χ2n) is 4.33. The summed E-state index contributed by atoms with van der Waals surface area (Å²) >= 11 is 0. The highest BCUT2D eigenvalue weighted by molar-refractivity contribution is 5.50. The number of benzene rings is 1. The molecule has 15 heavy (non-hydrogen) atoms. The van der Waals surface area contributed by atoms with Gasteiger partial charge in [0.25, 0.3) is 0 Å². The Morgan fingerprint density at radius 1 is 1.40 bits per heavy atom. The Bertz CT molecular complexity index is 319. The lowest BCUT2D eigenvalue weighted by molar-refractivity contribution is 0.198. The van der Waals surface area contributed by atoms with E-state index in [1.165, 1.54) is 0 Å². The van der Waals surface area contributed by atoms with Gasteiger partial charge in [0.05, 0.1) is 6.61 Å². The fourth-order valence-electron chi connectivity index (χ4n) is 1.95. The van der Waals surface area contributed by atoms with Crippen molar-refractivity contribution in [2.75, 3.05) is 19.4 Å². The van der Waals surface area contributed by atoms with Crippen LogP contribution < -0.4 is 11.1 Å². The van der Waals surface area contributed by atoms with Gasteiger partial charge in [0.15, 0.2) is 0 Å². The molecule has 3 nitrogen and oxygen atoms in total. The molecule has 0 aliphatic heterocycles. The Morgan fingerprint density at radius 3 is 2.47 bits per heavy atom. The number of hydrogen-bond donors (Lipinski definition) is 3. The molecule has 0 saturated heterocycles. The Morgan fingerprint density at radius 2 is 2.00 bits per heavy atom. The van der Waals surface area contributed by atoms with E-state index in [1.807, 2.05) is 31.3 Å². The molecular weight excluding hydrogens is 188 g/mol. The Hall–Kier alpha value is -1.06. The zero-order valence-electron chi connectivity index (χ0n) is 9.62. The van der Waals surface area contributed by atoms with Gasteiger partial charge in [0.1, 0.15) is 0 Å². The molecule has 0 radical (unpaired) electrons. The molecule has 0 amide bonds. The fraction of sp³-hybridized carbons (Fsp3) is 0.500. The molecule has 3 heteroatoms. The van der Waals surface area contributed by atoms with Gasteiger partial charge in [-0.2, -0.15) is 0 Å². The van der Waals surface area contributed by atoms with Crippen LogP contribution in [0.4, 0.5) is 5.69 Å². The van der Waals surface area contributed by atoms with Crippen LogP contribution in [0.1, 0.15) is 19.4 Å². The SMILES string of the molecule is CNC(CO)C(C)(C)c1ccccc1N. The summed E-state index contributed by atoms with van der Waals surface area (Å²) in [5, 5.41) is 12.4. The van der Waals surface area contributed by atoms with Gasteiger partial charge in [-0.05, 0) is 18.7 Å². The molecule has 0 bridgehead atoms. The average Bonchev–Trinajstić information content (AvgIpc) is 2.19. The maximum Gasteiger partial charge on any atom is 0.0593 e. The van der Waals surface area contributed by atoms with Gasteiger partial charge in [-0.15, -0.1) is 0 Å². The van der Waals surface area contributed by atoms with Gasteiger partial charge < -0.3 is 16.2 Å². The largest absolute Gasteiger partial charge is 0.398 e. The molecule has 1 unspecified atom stereocenters. The van der Waals surface area contributed by atoms with E-state index in [9.17, 15) is 5.11 Å². The van der Waals surface area contributed by atoms with Crippen LogP contribution in [-0.4, -0.2) is 24.8 Å². The third kappa shape index (κ3) is 2.30. The quantitative estimate of drug-likeness (QED) is 0.650. The lowest BCUT2D eigenvalue weighted by Crippen LogP contribution is -2.46. The molecule has 0 aromatic heterocycles. The zero-order chi connectivity index (χ0) is 11.5. The van der Waals surface area contributed by atoms with Crippen molar-refractivity contribution in [2.45, 2.75) is 25.3 Å². The van der Waals surface area contributed by atoms with Crippen LogP contribution in [0.15, 0.2) is 24.3 Å². The Balaban J connectivity index is 3.09. The maximum atomic E-state index is 9.31. The topological polar surface area (TPSA) is 58.3 Å². The number of nitrogen functional groups attached to an aromatic ring is 1. The highest BCUT2D eigenvalue weighted by Crippen LogP contribution is 2.31. The number of anilines is 1. The molecule has 1 aromatic rings. The second kappa shape index (κ2) is 4.64. The summed E-state index contributed by atoms with van der Waals surface area (Å²) in [5.74, 6) is 0. The smallest absolute Gasteiger partial charge is 0.0593 e. The van der Waals surface area contributed by atoms with Gasteiger partial charge in [-0.1, -0.05) is 32.0 Å². The Kier molecular flexibility index (Phi) is 3.72. The molecule has 84 valence electrons. The maximum absolute atomic E-state index is 9.31. The molecule has 0 heterocycles. The molecule has 1 atom stereocenters. The van der Waals surface area contributed by atoms with Crippen LogP contribution in [-0.2, 0) is 5.41 Å². The molecule has 1 aromatic carbocycles. The molecular formula is C12H20N2O. The van der Waals surface area contributed by atoms with E-state index in [0.717, 1.165) is 11.3 Å². The van der Waals surface area contributed by atoms with Crippen LogP contribution in [0.25, 0.3) is 0 Å². The van der Waals surface area contributed by atoms with Gasteiger partial charge in [0, 0.05) is 17.1 Å². The number of rotatable bonds is 4. The van der Waals surface area contributed by atoms with Gasteiger partial charge in [0.2, 0.25) is 0 Å². The van der Waals surface area contributed by atoms with Crippen molar-refractivity contribution < 1.29 is 5.11 Å². The highest BCUT2D eigenvalue weighted by atomic mass is 16.3. The number of nitrogens with two attached hydrogens (primary N) is 1. The monoisotopic (exact) mass is 208 g/mol.